The Labute approximate surface area is 368 Å². The van der Waals surface area contributed by atoms with E-state index < -0.39 is 0 Å². The third-order valence-electron chi connectivity index (χ3n) is 13.8. The molecule has 6 saturated heterocycles. The van der Waals surface area contributed by atoms with E-state index in [0.717, 1.165) is 149 Å². The largest absolute Gasteiger partial charge is 0.354 e. The molecule has 324 valence electrons. The number of rotatable bonds is 10. The Kier molecular flexibility index (Phi) is 12.1. The number of aryl methyl sites for hydroxylation is 2. The van der Waals surface area contributed by atoms with Gasteiger partial charge in [0.2, 0.25) is 11.8 Å². The molecular formula is C45H60N12O2S2. The van der Waals surface area contributed by atoms with Crippen LogP contribution in [0.4, 0.5) is 11.6 Å². The second kappa shape index (κ2) is 18.0. The lowest BCUT2D eigenvalue weighted by atomic mass is 10.1. The predicted octanol–water partition coefficient (Wildman–Crippen LogP) is 3.36. The van der Waals surface area contributed by atoms with Gasteiger partial charge in [-0.2, -0.15) is 10.2 Å². The number of likely N-dealkylation sites (tertiary alicyclic amines) is 1. The van der Waals surface area contributed by atoms with Gasteiger partial charge in [-0.25, -0.2) is 9.36 Å². The first-order valence-corrected chi connectivity index (χ1v) is 24.6. The maximum atomic E-state index is 14.5. The third kappa shape index (κ3) is 8.43. The number of thioether (sulfide) groups is 2. The Hall–Kier alpha value is -4.06. The van der Waals surface area contributed by atoms with Gasteiger partial charge in [0.15, 0.2) is 0 Å². The van der Waals surface area contributed by atoms with E-state index >= 15 is 0 Å². The topological polar surface area (TPSA) is 104 Å². The SMILES string of the molecule is Cc1cc(N2CCN([C@H]3C[C@@H](C(=O)N4CCSC4)N(Cc4c(C)nn(-c5ccccc5)c4N4CCN([C@@H]5CN[C@H](C(=O)N6CCSC6)C5)CC4)C3)CC2)n(-c2ccccc2)n1. The number of benzene rings is 2. The molecule has 2 amide bonds. The van der Waals surface area contributed by atoms with E-state index in [9.17, 15) is 9.59 Å². The van der Waals surface area contributed by atoms with Crippen molar-refractivity contribution < 1.29 is 9.59 Å². The van der Waals surface area contributed by atoms with E-state index in [0.29, 0.717) is 18.6 Å². The molecule has 2 aromatic carbocycles. The molecule has 6 fully saturated rings. The van der Waals surface area contributed by atoms with Crippen molar-refractivity contribution in [3.05, 3.63) is 83.7 Å². The summed E-state index contributed by atoms with van der Waals surface area (Å²) in [6.07, 6.45) is 1.72. The molecule has 0 unspecified atom stereocenters. The normalized spacial score (nSPS) is 25.7. The van der Waals surface area contributed by atoms with Gasteiger partial charge in [-0.05, 0) is 51.0 Å². The summed E-state index contributed by atoms with van der Waals surface area (Å²) in [4.78, 5) is 44.5. The van der Waals surface area contributed by atoms with Crippen LogP contribution in [0.2, 0.25) is 0 Å². The number of para-hydroxylation sites is 2. The molecule has 4 atom stereocenters. The second-order valence-electron chi connectivity index (χ2n) is 17.5. The van der Waals surface area contributed by atoms with Crippen LogP contribution in [-0.2, 0) is 16.1 Å². The monoisotopic (exact) mass is 864 g/mol. The fraction of sp³-hybridized carbons (Fsp3) is 0.556. The molecule has 0 aliphatic carbocycles. The van der Waals surface area contributed by atoms with E-state index in [1.54, 1.807) is 0 Å². The number of nitrogens with one attached hydrogen (secondary N) is 1. The lowest BCUT2D eigenvalue weighted by molar-refractivity contribution is -0.134. The summed E-state index contributed by atoms with van der Waals surface area (Å²) >= 11 is 3.71. The third-order valence-corrected chi connectivity index (χ3v) is 15.7. The predicted molar refractivity (Wildman–Crippen MR) is 245 cm³/mol. The molecule has 1 N–H and O–H groups in total. The Morgan fingerprint density at radius 3 is 1.93 bits per heavy atom. The Bertz CT molecular complexity index is 2140. The molecule has 4 aromatic rings. The van der Waals surface area contributed by atoms with Crippen LogP contribution < -0.4 is 15.1 Å². The number of hydrogen-bond donors (Lipinski definition) is 1. The molecule has 0 saturated carbocycles. The summed E-state index contributed by atoms with van der Waals surface area (Å²) in [5, 5.41) is 13.7. The molecule has 6 aliphatic heterocycles. The smallest absolute Gasteiger partial charge is 0.240 e. The minimum Gasteiger partial charge on any atom is -0.354 e. The van der Waals surface area contributed by atoms with E-state index in [4.69, 9.17) is 10.2 Å². The van der Waals surface area contributed by atoms with Gasteiger partial charge in [0.1, 0.15) is 11.6 Å². The van der Waals surface area contributed by atoms with Crippen molar-refractivity contribution in [3.8, 4) is 11.4 Å². The molecule has 14 nitrogen and oxygen atoms in total. The van der Waals surface area contributed by atoms with Gasteiger partial charge < -0.3 is 24.9 Å². The number of nitrogens with zero attached hydrogens (tertiary/aromatic N) is 11. The highest BCUT2D eigenvalue weighted by atomic mass is 32.2. The zero-order valence-corrected chi connectivity index (χ0v) is 37.3. The van der Waals surface area contributed by atoms with E-state index in [2.05, 4.69) is 119 Å². The van der Waals surface area contributed by atoms with E-state index in [1.165, 1.54) is 5.56 Å². The summed E-state index contributed by atoms with van der Waals surface area (Å²) in [6, 6.07) is 23.6. The van der Waals surface area contributed by atoms with Crippen LogP contribution in [0.15, 0.2) is 66.7 Å². The molecular weight excluding hydrogens is 805 g/mol. The van der Waals surface area contributed by atoms with E-state index in [1.807, 2.05) is 34.5 Å². The summed E-state index contributed by atoms with van der Waals surface area (Å²) in [7, 11) is 0. The first-order chi connectivity index (χ1) is 29.9. The highest BCUT2D eigenvalue weighted by Gasteiger charge is 2.44. The first kappa shape index (κ1) is 41.0. The van der Waals surface area contributed by atoms with Crippen LogP contribution in [0.25, 0.3) is 11.4 Å². The van der Waals surface area contributed by atoms with Crippen molar-refractivity contribution >= 4 is 47.0 Å². The summed E-state index contributed by atoms with van der Waals surface area (Å²) in [5.74, 6) is 6.50. The van der Waals surface area contributed by atoms with Crippen LogP contribution in [0.5, 0.6) is 0 Å². The number of hydrogen-bond acceptors (Lipinski definition) is 12. The fourth-order valence-electron chi connectivity index (χ4n) is 10.5. The average Bonchev–Trinajstić information content (AvgIpc) is 4.17. The number of anilines is 2. The quantitative estimate of drug-likeness (QED) is 0.253. The molecule has 6 aliphatic rings. The lowest BCUT2D eigenvalue weighted by Crippen LogP contribution is -2.52. The molecule has 0 spiro atoms. The summed E-state index contributed by atoms with van der Waals surface area (Å²) in [5.41, 5.74) is 5.40. The number of amides is 2. The standard InChI is InChI=1S/C45H60N12O2S2/c1-33-25-42(56(47-33)35-9-5-3-6-10-35)51-17-13-50(14-18-51)38-27-41(45(59)54-22-24-61-32-54)55(29-38)30-39-34(2)48-57(36-11-7-4-8-12-36)43(39)52-19-15-49(16-20-52)37-26-40(46-28-37)44(58)53-21-23-60-31-53/h3-12,25,37-38,40-41,46H,13-24,26-32H2,1-2H3/t37-,38-,40-,41-/m0/s1. The molecule has 10 rings (SSSR count). The number of carbonyl (C=O) groups excluding carboxylic acids is 2. The van der Waals surface area contributed by atoms with Gasteiger partial charge in [-0.15, -0.1) is 23.5 Å². The van der Waals surface area contributed by atoms with Gasteiger partial charge in [0.05, 0.1) is 46.6 Å². The number of piperazine rings is 2. The number of aromatic nitrogens is 4. The van der Waals surface area contributed by atoms with Crippen LogP contribution >= 0.6 is 23.5 Å². The molecule has 8 heterocycles. The fourth-order valence-corrected chi connectivity index (χ4v) is 12.4. The summed E-state index contributed by atoms with van der Waals surface area (Å²) < 4.78 is 4.24. The summed E-state index contributed by atoms with van der Waals surface area (Å²) in [6.45, 7) is 15.7. The van der Waals surface area contributed by atoms with Gasteiger partial charge in [0, 0.05) is 120 Å². The molecule has 16 heteroatoms. The highest BCUT2D eigenvalue weighted by Crippen LogP contribution is 2.35. The van der Waals surface area contributed by atoms with Crippen molar-refractivity contribution in [2.75, 3.05) is 112 Å². The van der Waals surface area contributed by atoms with Crippen molar-refractivity contribution in [1.82, 2.24) is 49.4 Å². The Morgan fingerprint density at radius 1 is 0.689 bits per heavy atom. The van der Waals surface area contributed by atoms with Crippen molar-refractivity contribution in [2.24, 2.45) is 0 Å². The van der Waals surface area contributed by atoms with Gasteiger partial charge in [-0.1, -0.05) is 36.4 Å². The van der Waals surface area contributed by atoms with Crippen molar-refractivity contribution in [3.63, 3.8) is 0 Å². The molecule has 0 bridgehead atoms. The van der Waals surface area contributed by atoms with Gasteiger partial charge in [0.25, 0.3) is 0 Å². The minimum absolute atomic E-state index is 0.0768. The van der Waals surface area contributed by atoms with Crippen molar-refractivity contribution in [2.45, 2.75) is 57.4 Å². The maximum absolute atomic E-state index is 14.5. The maximum Gasteiger partial charge on any atom is 0.240 e. The zero-order chi connectivity index (χ0) is 41.5. The van der Waals surface area contributed by atoms with Crippen molar-refractivity contribution in [1.29, 1.82) is 0 Å². The van der Waals surface area contributed by atoms with Crippen LogP contribution in [0.3, 0.4) is 0 Å². The minimum atomic E-state index is -0.169. The lowest BCUT2D eigenvalue weighted by Gasteiger charge is -2.39. The Balaban J connectivity index is 0.865. The van der Waals surface area contributed by atoms with E-state index in [-0.39, 0.29) is 23.9 Å². The second-order valence-corrected chi connectivity index (χ2v) is 19.7. The average molecular weight is 865 g/mol. The van der Waals surface area contributed by atoms with Gasteiger partial charge >= 0.3 is 0 Å². The molecule has 0 radical (unpaired) electrons. The zero-order valence-electron chi connectivity index (χ0n) is 35.6. The molecule has 2 aromatic heterocycles. The van der Waals surface area contributed by atoms with Crippen LogP contribution in [0, 0.1) is 13.8 Å². The number of carbonyl (C=O) groups is 2. The Morgan fingerprint density at radius 2 is 1.30 bits per heavy atom. The van der Waals surface area contributed by atoms with Gasteiger partial charge in [-0.3, -0.25) is 24.3 Å². The van der Waals surface area contributed by atoms with Crippen LogP contribution in [-0.4, -0.2) is 182 Å². The first-order valence-electron chi connectivity index (χ1n) is 22.3. The molecule has 61 heavy (non-hydrogen) atoms. The van der Waals surface area contributed by atoms with Crippen LogP contribution in [0.1, 0.15) is 29.8 Å². The highest BCUT2D eigenvalue weighted by molar-refractivity contribution is 7.99.